The number of hydrogen-bond acceptors (Lipinski definition) is 8. The van der Waals surface area contributed by atoms with Gasteiger partial charge >= 0.3 is 24.5 Å². The van der Waals surface area contributed by atoms with Crippen LogP contribution in [-0.4, -0.2) is 60.3 Å². The molecule has 3 amide bonds. The molecular formula is C17H26FN3O8. The second-order valence-electron chi connectivity index (χ2n) is 6.47. The lowest BCUT2D eigenvalue weighted by atomic mass is 10.1. The van der Waals surface area contributed by atoms with E-state index in [0.29, 0.717) is 18.4 Å². The van der Waals surface area contributed by atoms with Gasteiger partial charge in [-0.05, 0) is 39.2 Å². The third kappa shape index (κ3) is 7.94. The summed E-state index contributed by atoms with van der Waals surface area (Å²) in [6.07, 6.45) is -2.76. The first-order valence-electron chi connectivity index (χ1n) is 8.93. The van der Waals surface area contributed by atoms with Crippen molar-refractivity contribution in [1.29, 1.82) is 0 Å². The van der Waals surface area contributed by atoms with Gasteiger partial charge in [0.2, 0.25) is 12.2 Å². The Hall–Kier alpha value is -2.89. The van der Waals surface area contributed by atoms with Gasteiger partial charge in [0.1, 0.15) is 6.04 Å². The van der Waals surface area contributed by atoms with Gasteiger partial charge in [0.25, 0.3) is 0 Å². The molecule has 1 rings (SSSR count). The Morgan fingerprint density at radius 1 is 1.21 bits per heavy atom. The summed E-state index contributed by atoms with van der Waals surface area (Å²) in [5.41, 5.74) is 7.66. The minimum absolute atomic E-state index is 0.168. The fourth-order valence-corrected chi connectivity index (χ4v) is 2.48. The number of nitrogens with two attached hydrogens (primary N) is 1. The van der Waals surface area contributed by atoms with Crippen LogP contribution in [0.15, 0.2) is 11.6 Å². The number of nitrogens with zero attached hydrogens (tertiary/aromatic N) is 1. The fraction of sp³-hybridized carbons (Fsp3) is 0.647. The van der Waals surface area contributed by atoms with Crippen molar-refractivity contribution in [1.82, 2.24) is 10.4 Å². The monoisotopic (exact) mass is 419 g/mol. The quantitative estimate of drug-likeness (QED) is 0.271. The summed E-state index contributed by atoms with van der Waals surface area (Å²) in [5, 5.41) is 0. The predicted octanol–water partition coefficient (Wildman–Crippen LogP) is 1.27. The molecule has 3 N–H and O–H groups in total. The first-order chi connectivity index (χ1) is 13.5. The first-order valence-corrected chi connectivity index (χ1v) is 8.93. The maximum Gasteiger partial charge on any atom is 0.511 e. The smallest absolute Gasteiger partial charge is 0.431 e. The Balaban J connectivity index is 2.55. The number of urea groups is 1. The molecule has 3 atom stereocenters. The minimum Gasteiger partial charge on any atom is -0.431 e. The lowest BCUT2D eigenvalue weighted by Gasteiger charge is -2.28. The molecule has 1 aliphatic heterocycles. The maximum atomic E-state index is 13.8. The van der Waals surface area contributed by atoms with E-state index in [0.717, 1.165) is 11.8 Å². The number of ether oxygens (including phenoxy) is 3. The van der Waals surface area contributed by atoms with Crippen LogP contribution in [0.3, 0.4) is 0 Å². The number of hydrogen-bond donors (Lipinski definition) is 2. The predicted molar refractivity (Wildman–Crippen MR) is 95.4 cm³/mol. The summed E-state index contributed by atoms with van der Waals surface area (Å²) in [4.78, 5) is 52.3. The van der Waals surface area contributed by atoms with Gasteiger partial charge in [0.05, 0.1) is 6.10 Å². The van der Waals surface area contributed by atoms with Crippen LogP contribution in [0, 0.1) is 0 Å². The van der Waals surface area contributed by atoms with E-state index in [1.165, 1.54) is 0 Å². The van der Waals surface area contributed by atoms with Gasteiger partial charge in [0.15, 0.2) is 0 Å². The van der Waals surface area contributed by atoms with E-state index >= 15 is 0 Å². The highest BCUT2D eigenvalue weighted by Crippen LogP contribution is 2.17. The number of alkyl halides is 1. The second-order valence-corrected chi connectivity index (χ2v) is 6.47. The van der Waals surface area contributed by atoms with Crippen LogP contribution in [0.5, 0.6) is 0 Å². The van der Waals surface area contributed by atoms with Gasteiger partial charge in [-0.1, -0.05) is 6.08 Å². The molecule has 0 bridgehead atoms. The van der Waals surface area contributed by atoms with E-state index in [2.05, 4.69) is 19.0 Å². The van der Waals surface area contributed by atoms with Crippen molar-refractivity contribution in [2.75, 3.05) is 6.54 Å². The van der Waals surface area contributed by atoms with E-state index in [1.54, 1.807) is 32.3 Å². The number of carbonyl (C=O) groups is 4. The van der Waals surface area contributed by atoms with Gasteiger partial charge in [-0.15, -0.1) is 0 Å². The Morgan fingerprint density at radius 3 is 2.45 bits per heavy atom. The summed E-state index contributed by atoms with van der Waals surface area (Å²) in [7, 11) is 0. The maximum absolute atomic E-state index is 13.8. The Kier molecular flexibility index (Phi) is 9.32. The van der Waals surface area contributed by atoms with Crippen molar-refractivity contribution >= 4 is 24.1 Å². The van der Waals surface area contributed by atoms with Crippen LogP contribution < -0.4 is 11.2 Å². The number of hydroxylamine groups is 1. The molecular weight excluding hydrogens is 393 g/mol. The van der Waals surface area contributed by atoms with Crippen LogP contribution in [0.4, 0.5) is 14.0 Å². The highest BCUT2D eigenvalue weighted by Gasteiger charge is 2.32. The molecule has 11 nitrogen and oxygen atoms in total. The molecule has 0 aliphatic carbocycles. The lowest BCUT2D eigenvalue weighted by Crippen LogP contribution is -2.52. The molecule has 1 aliphatic rings. The van der Waals surface area contributed by atoms with E-state index in [1.807, 2.05) is 0 Å². The van der Waals surface area contributed by atoms with Crippen LogP contribution in [-0.2, 0) is 28.6 Å². The van der Waals surface area contributed by atoms with Gasteiger partial charge in [-0.3, -0.25) is 4.79 Å². The molecule has 0 aromatic rings. The van der Waals surface area contributed by atoms with E-state index in [-0.39, 0.29) is 6.54 Å². The Labute approximate surface area is 167 Å². The summed E-state index contributed by atoms with van der Waals surface area (Å²) in [6.45, 7) is 6.13. The molecule has 1 heterocycles. The summed E-state index contributed by atoms with van der Waals surface area (Å²) >= 11 is 0. The topological polar surface area (TPSA) is 146 Å². The normalized spacial score (nSPS) is 18.8. The summed E-state index contributed by atoms with van der Waals surface area (Å²) < 4.78 is 27.6. The number of nitrogens with one attached hydrogen (secondary N) is 1. The molecule has 0 fully saturated rings. The van der Waals surface area contributed by atoms with Crippen LogP contribution in [0.1, 0.15) is 40.5 Å². The molecule has 29 heavy (non-hydrogen) atoms. The van der Waals surface area contributed by atoms with E-state index in [9.17, 15) is 23.6 Å². The summed E-state index contributed by atoms with van der Waals surface area (Å²) in [6, 6.07) is -1.98. The molecule has 0 saturated carbocycles. The average molecular weight is 419 g/mol. The Bertz CT molecular complexity index is 655. The number of allylic oxidation sites excluding steroid dienone is 1. The van der Waals surface area contributed by atoms with Crippen molar-refractivity contribution in [2.45, 2.75) is 65.3 Å². The lowest BCUT2D eigenvalue weighted by molar-refractivity contribution is -0.197. The van der Waals surface area contributed by atoms with Crippen LogP contribution in [0.25, 0.3) is 0 Å². The fourth-order valence-electron chi connectivity index (χ4n) is 2.48. The molecule has 1 unspecified atom stereocenters. The molecule has 0 radical (unpaired) electrons. The molecule has 164 valence electrons. The van der Waals surface area contributed by atoms with E-state index in [4.69, 9.17) is 5.73 Å². The largest absolute Gasteiger partial charge is 0.511 e. The first kappa shape index (κ1) is 24.1. The van der Waals surface area contributed by atoms with Crippen molar-refractivity contribution in [3.8, 4) is 0 Å². The van der Waals surface area contributed by atoms with Crippen molar-refractivity contribution in [3.05, 3.63) is 11.6 Å². The zero-order chi connectivity index (χ0) is 22.1. The SMILES string of the molecule is CC1=CCCCN(C(=O)NO[C@H](F)C(=O)OC(C)OC(=O)OC(C)C)[C@@H]1C(N)=O. The highest BCUT2D eigenvalue weighted by atomic mass is 19.1. The van der Waals surface area contributed by atoms with E-state index < -0.39 is 48.9 Å². The number of primary amides is 1. The Morgan fingerprint density at radius 2 is 1.86 bits per heavy atom. The van der Waals surface area contributed by atoms with Gasteiger partial charge in [-0.25, -0.2) is 29.1 Å². The van der Waals surface area contributed by atoms with Gasteiger partial charge in [0, 0.05) is 13.5 Å². The van der Waals surface area contributed by atoms with Crippen LogP contribution >= 0.6 is 0 Å². The summed E-state index contributed by atoms with van der Waals surface area (Å²) in [5.74, 6) is -2.31. The van der Waals surface area contributed by atoms with Crippen molar-refractivity contribution in [2.24, 2.45) is 5.73 Å². The number of carbonyl (C=O) groups excluding carboxylic acids is 4. The van der Waals surface area contributed by atoms with Gasteiger partial charge < -0.3 is 24.8 Å². The van der Waals surface area contributed by atoms with Crippen LogP contribution in [0.2, 0.25) is 0 Å². The zero-order valence-corrected chi connectivity index (χ0v) is 16.7. The number of rotatable bonds is 7. The average Bonchev–Trinajstić information content (AvgIpc) is 2.79. The third-order valence-electron chi connectivity index (χ3n) is 3.65. The number of esters is 1. The molecule has 0 aromatic heterocycles. The van der Waals surface area contributed by atoms with Gasteiger partial charge in [-0.2, -0.15) is 0 Å². The minimum atomic E-state index is -2.71. The van der Waals surface area contributed by atoms with Crippen molar-refractivity contribution in [3.63, 3.8) is 0 Å². The molecule has 0 aromatic carbocycles. The molecule has 12 heteroatoms. The highest BCUT2D eigenvalue weighted by molar-refractivity contribution is 5.88. The third-order valence-corrected chi connectivity index (χ3v) is 3.65. The number of amides is 3. The zero-order valence-electron chi connectivity index (χ0n) is 16.7. The second kappa shape index (κ2) is 11.2. The molecule has 0 saturated heterocycles. The number of halogens is 1. The van der Waals surface area contributed by atoms with Crippen molar-refractivity contribution < 1.29 is 42.6 Å². The standard InChI is InChI=1S/C17H26FN3O8/c1-9(2)26-17(25)28-11(4)27-15(23)13(18)29-20-16(24)21-8-6-5-7-10(3)12(21)14(19)22/h7,9,11-13H,5-6,8H2,1-4H3,(H2,19,22)(H,20,24)/t11?,12-,13-/m0/s1. The molecule has 0 spiro atoms.